The zero-order chi connectivity index (χ0) is 18.1. The van der Waals surface area contributed by atoms with Gasteiger partial charge in [-0.15, -0.1) is 11.3 Å². The minimum Gasteiger partial charge on any atom is -0.380 e. The molecule has 1 aromatic heterocycles. The fraction of sp³-hybridized carbons (Fsp3) is 0.190. The number of rotatable bonds is 4. The summed E-state index contributed by atoms with van der Waals surface area (Å²) in [6, 6.07) is 18.9. The van der Waals surface area contributed by atoms with E-state index in [1.807, 2.05) is 17.0 Å². The molecule has 1 N–H and O–H groups in total. The number of fused-ring (bicyclic) bond motifs is 1. The van der Waals surface area contributed by atoms with Crippen molar-refractivity contribution in [3.63, 3.8) is 0 Å². The Morgan fingerprint density at radius 1 is 1.19 bits per heavy atom. The monoisotopic (exact) mass is 426 g/mol. The van der Waals surface area contributed by atoms with Crippen molar-refractivity contribution < 1.29 is 4.79 Å². The predicted octanol–water partition coefficient (Wildman–Crippen LogP) is 5.70. The number of anilines is 2. The normalized spacial score (nSPS) is 12.9. The van der Waals surface area contributed by atoms with Crippen LogP contribution < -0.4 is 10.2 Å². The van der Waals surface area contributed by atoms with Crippen molar-refractivity contribution in [1.82, 2.24) is 0 Å². The number of nitrogens with one attached hydrogen (secondary N) is 1. The molecule has 0 fully saturated rings. The van der Waals surface area contributed by atoms with Gasteiger partial charge in [0.05, 0.1) is 0 Å². The Balaban J connectivity index is 1.46. The van der Waals surface area contributed by atoms with Gasteiger partial charge in [-0.3, -0.25) is 4.79 Å². The number of hydrogen-bond donors (Lipinski definition) is 1. The van der Waals surface area contributed by atoms with E-state index in [4.69, 9.17) is 0 Å². The minimum absolute atomic E-state index is 0.114. The van der Waals surface area contributed by atoms with E-state index in [9.17, 15) is 4.79 Å². The van der Waals surface area contributed by atoms with Crippen molar-refractivity contribution in [3.8, 4) is 10.4 Å². The third kappa shape index (κ3) is 3.41. The molecule has 1 amide bonds. The Hall–Kier alpha value is -2.11. The van der Waals surface area contributed by atoms with Gasteiger partial charge in [-0.1, -0.05) is 34.1 Å². The summed E-state index contributed by atoms with van der Waals surface area (Å²) in [4.78, 5) is 16.1. The van der Waals surface area contributed by atoms with Crippen LogP contribution in [0.3, 0.4) is 0 Å². The number of thiophene rings is 1. The van der Waals surface area contributed by atoms with Gasteiger partial charge in [0.2, 0.25) is 5.91 Å². The van der Waals surface area contributed by atoms with E-state index in [1.165, 1.54) is 20.9 Å². The molecule has 5 heteroatoms. The summed E-state index contributed by atoms with van der Waals surface area (Å²) in [6.45, 7) is 3.21. The quantitative estimate of drug-likeness (QED) is 0.580. The molecule has 0 radical (unpaired) electrons. The van der Waals surface area contributed by atoms with Crippen LogP contribution in [0, 0.1) is 0 Å². The SMILES string of the molecule is CC(=O)N1CCc2cc(NCc3ccc(-c4ccccc4Br)s3)ccc21. The first-order valence-corrected chi connectivity index (χ1v) is 10.2. The molecular weight excluding hydrogens is 408 g/mol. The van der Waals surface area contributed by atoms with Crippen molar-refractivity contribution >= 4 is 44.5 Å². The maximum Gasteiger partial charge on any atom is 0.223 e. The van der Waals surface area contributed by atoms with Gasteiger partial charge in [-0.05, 0) is 48.4 Å². The van der Waals surface area contributed by atoms with Crippen LogP contribution in [0.1, 0.15) is 17.4 Å². The molecule has 0 aliphatic carbocycles. The van der Waals surface area contributed by atoms with Crippen LogP contribution in [-0.4, -0.2) is 12.5 Å². The van der Waals surface area contributed by atoms with Crippen LogP contribution in [0.15, 0.2) is 59.1 Å². The van der Waals surface area contributed by atoms with Crippen molar-refractivity contribution in [2.45, 2.75) is 19.9 Å². The summed E-state index contributed by atoms with van der Waals surface area (Å²) in [7, 11) is 0. The lowest BCUT2D eigenvalue weighted by Gasteiger charge is -2.15. The lowest BCUT2D eigenvalue weighted by Crippen LogP contribution is -2.25. The molecule has 0 unspecified atom stereocenters. The smallest absolute Gasteiger partial charge is 0.223 e. The lowest BCUT2D eigenvalue weighted by atomic mass is 10.1. The number of carbonyl (C=O) groups excluding carboxylic acids is 1. The van der Waals surface area contributed by atoms with E-state index < -0.39 is 0 Å². The van der Waals surface area contributed by atoms with Gasteiger partial charge in [0, 0.05) is 51.2 Å². The number of amides is 1. The fourth-order valence-electron chi connectivity index (χ4n) is 3.31. The second-order valence-electron chi connectivity index (χ2n) is 6.36. The fourth-order valence-corrected chi connectivity index (χ4v) is 4.92. The highest BCUT2D eigenvalue weighted by Crippen LogP contribution is 2.34. The molecule has 0 spiro atoms. The third-order valence-electron chi connectivity index (χ3n) is 4.62. The Morgan fingerprint density at radius 3 is 2.85 bits per heavy atom. The molecule has 1 aliphatic heterocycles. The van der Waals surface area contributed by atoms with Crippen LogP contribution in [0.5, 0.6) is 0 Å². The Kier molecular flexibility index (Phi) is 4.83. The van der Waals surface area contributed by atoms with Crippen LogP contribution >= 0.6 is 27.3 Å². The number of carbonyl (C=O) groups is 1. The minimum atomic E-state index is 0.114. The Labute approximate surface area is 165 Å². The van der Waals surface area contributed by atoms with Gasteiger partial charge in [0.15, 0.2) is 0 Å². The maximum absolute atomic E-state index is 11.7. The summed E-state index contributed by atoms with van der Waals surface area (Å²) < 4.78 is 1.12. The van der Waals surface area contributed by atoms with Gasteiger partial charge >= 0.3 is 0 Å². The van der Waals surface area contributed by atoms with Crippen LogP contribution in [0.4, 0.5) is 11.4 Å². The Morgan fingerprint density at radius 2 is 2.04 bits per heavy atom. The highest BCUT2D eigenvalue weighted by molar-refractivity contribution is 9.10. The van der Waals surface area contributed by atoms with Gasteiger partial charge < -0.3 is 10.2 Å². The molecule has 1 aliphatic rings. The summed E-state index contributed by atoms with van der Waals surface area (Å²) in [5.74, 6) is 0.114. The standard InChI is InChI=1S/C21H19BrN2OS/c1-14(25)24-11-10-15-12-16(6-8-20(15)24)23-13-17-7-9-21(26-17)18-4-2-3-5-19(18)22/h2-9,12,23H,10-11,13H2,1H3. The predicted molar refractivity (Wildman–Crippen MR) is 113 cm³/mol. The summed E-state index contributed by atoms with van der Waals surface area (Å²) in [5.41, 5.74) is 4.62. The first-order valence-electron chi connectivity index (χ1n) is 8.60. The molecule has 0 saturated heterocycles. The summed E-state index contributed by atoms with van der Waals surface area (Å²) in [5, 5.41) is 3.51. The molecule has 0 atom stereocenters. The van der Waals surface area contributed by atoms with Gasteiger partial charge in [-0.25, -0.2) is 0 Å². The van der Waals surface area contributed by atoms with E-state index in [0.29, 0.717) is 0 Å². The molecule has 132 valence electrons. The maximum atomic E-state index is 11.7. The molecule has 3 nitrogen and oxygen atoms in total. The largest absolute Gasteiger partial charge is 0.380 e. The molecule has 0 bridgehead atoms. The third-order valence-corrected chi connectivity index (χ3v) is 6.43. The number of hydrogen-bond acceptors (Lipinski definition) is 3. The van der Waals surface area contributed by atoms with Crippen molar-refractivity contribution in [2.24, 2.45) is 0 Å². The van der Waals surface area contributed by atoms with E-state index in [2.05, 4.69) is 63.7 Å². The van der Waals surface area contributed by atoms with Crippen LogP contribution in [0.2, 0.25) is 0 Å². The highest BCUT2D eigenvalue weighted by Gasteiger charge is 2.22. The van der Waals surface area contributed by atoms with Crippen molar-refractivity contribution in [2.75, 3.05) is 16.8 Å². The van der Waals surface area contributed by atoms with Gasteiger partial charge in [0.1, 0.15) is 0 Å². The molecule has 2 aromatic carbocycles. The number of halogens is 1. The van der Waals surface area contributed by atoms with Crippen LogP contribution in [-0.2, 0) is 17.8 Å². The molecule has 2 heterocycles. The van der Waals surface area contributed by atoms with E-state index in [-0.39, 0.29) is 5.91 Å². The van der Waals surface area contributed by atoms with Crippen LogP contribution in [0.25, 0.3) is 10.4 Å². The second-order valence-corrected chi connectivity index (χ2v) is 8.39. The first-order chi connectivity index (χ1) is 12.6. The zero-order valence-electron chi connectivity index (χ0n) is 14.5. The number of nitrogens with zero attached hydrogens (tertiary/aromatic N) is 1. The summed E-state index contributed by atoms with van der Waals surface area (Å²) in [6.07, 6.45) is 0.926. The van der Waals surface area contributed by atoms with Gasteiger partial charge in [0.25, 0.3) is 0 Å². The first kappa shape index (κ1) is 17.3. The number of benzene rings is 2. The molecule has 26 heavy (non-hydrogen) atoms. The summed E-state index contributed by atoms with van der Waals surface area (Å²) >= 11 is 5.43. The van der Waals surface area contributed by atoms with Crippen molar-refractivity contribution in [3.05, 3.63) is 69.5 Å². The van der Waals surface area contributed by atoms with Gasteiger partial charge in [-0.2, -0.15) is 0 Å². The van der Waals surface area contributed by atoms with E-state index in [1.54, 1.807) is 18.3 Å². The average molecular weight is 427 g/mol. The molecule has 0 saturated carbocycles. The second kappa shape index (κ2) is 7.25. The molecular formula is C21H19BrN2OS. The Bertz CT molecular complexity index is 966. The van der Waals surface area contributed by atoms with Crippen molar-refractivity contribution in [1.29, 1.82) is 0 Å². The topological polar surface area (TPSA) is 32.3 Å². The van der Waals surface area contributed by atoms with E-state index >= 15 is 0 Å². The average Bonchev–Trinajstić information content (AvgIpc) is 3.27. The highest BCUT2D eigenvalue weighted by atomic mass is 79.9. The van der Waals surface area contributed by atoms with E-state index in [0.717, 1.165) is 35.4 Å². The zero-order valence-corrected chi connectivity index (χ0v) is 16.9. The molecule has 3 aromatic rings. The lowest BCUT2D eigenvalue weighted by molar-refractivity contribution is -0.116. The molecule has 4 rings (SSSR count).